The van der Waals surface area contributed by atoms with Gasteiger partial charge in [0.25, 0.3) is 0 Å². The van der Waals surface area contributed by atoms with Gasteiger partial charge in [0, 0.05) is 37.9 Å². The van der Waals surface area contributed by atoms with Crippen molar-refractivity contribution in [2.45, 2.75) is 31.7 Å². The van der Waals surface area contributed by atoms with Gasteiger partial charge in [0.15, 0.2) is 0 Å². The molecule has 1 aliphatic rings. The Kier molecular flexibility index (Phi) is 7.05. The number of aryl methyl sites for hydroxylation is 1. The maximum Gasteiger partial charge on any atom is 0.243 e. The number of nitrogens with one attached hydrogen (secondary N) is 1. The predicted molar refractivity (Wildman–Crippen MR) is 137 cm³/mol. The van der Waals surface area contributed by atoms with Crippen molar-refractivity contribution in [2.75, 3.05) is 23.8 Å². The lowest BCUT2D eigenvalue weighted by Gasteiger charge is -2.20. The molecule has 0 aliphatic carbocycles. The summed E-state index contributed by atoms with van der Waals surface area (Å²) in [7, 11) is -2.14. The van der Waals surface area contributed by atoms with Gasteiger partial charge < -0.3 is 10.2 Å². The minimum absolute atomic E-state index is 0.0817. The third-order valence-electron chi connectivity index (χ3n) is 6.44. The van der Waals surface area contributed by atoms with Gasteiger partial charge in [0.05, 0.1) is 10.8 Å². The minimum Gasteiger partial charge on any atom is -0.326 e. The number of nitrogens with zero attached hydrogens (tertiary/aromatic N) is 2. The molecule has 0 aromatic heterocycles. The molecule has 1 saturated heterocycles. The zero-order valence-corrected chi connectivity index (χ0v) is 20.9. The summed E-state index contributed by atoms with van der Waals surface area (Å²) in [6.45, 7) is 4.53. The van der Waals surface area contributed by atoms with Crippen LogP contribution in [0.15, 0.2) is 77.7 Å². The Balaban J connectivity index is 1.41. The van der Waals surface area contributed by atoms with E-state index in [9.17, 15) is 18.0 Å². The molecule has 4 rings (SSSR count). The number of benzene rings is 3. The van der Waals surface area contributed by atoms with Crippen LogP contribution in [0.5, 0.6) is 0 Å². The summed E-state index contributed by atoms with van der Waals surface area (Å²) in [5.41, 5.74) is 4.32. The van der Waals surface area contributed by atoms with Gasteiger partial charge >= 0.3 is 0 Å². The molecule has 0 saturated carbocycles. The Morgan fingerprint density at radius 3 is 2.37 bits per heavy atom. The number of anilines is 2. The number of sulfonamides is 1. The molecule has 7 nitrogen and oxygen atoms in total. The molecule has 182 valence electrons. The average Bonchev–Trinajstić information content (AvgIpc) is 3.23. The molecule has 1 aliphatic heterocycles. The zero-order chi connectivity index (χ0) is 25.2. The summed E-state index contributed by atoms with van der Waals surface area (Å²) >= 11 is 0. The lowest BCUT2D eigenvalue weighted by Crippen LogP contribution is -2.28. The van der Waals surface area contributed by atoms with E-state index in [1.807, 2.05) is 62.4 Å². The van der Waals surface area contributed by atoms with Crippen LogP contribution in [0.25, 0.3) is 0 Å². The summed E-state index contributed by atoms with van der Waals surface area (Å²) in [5.74, 6) is -0.826. The van der Waals surface area contributed by atoms with E-state index in [1.54, 1.807) is 17.0 Å². The standard InChI is InChI=1S/C27H29N3O4S/c1-19-8-7-11-25(20(19)2)30-18-22(16-26(30)31)27(32)28-23-12-14-24(15-13-23)35(33,34)29(3)17-21-9-5-4-6-10-21/h4-15,22H,16-18H2,1-3H3,(H,28,32)/t22-/m1/s1. The molecule has 2 amide bonds. The Labute approximate surface area is 206 Å². The highest BCUT2D eigenvalue weighted by Gasteiger charge is 2.36. The average molecular weight is 492 g/mol. The molecule has 0 spiro atoms. The first-order valence-electron chi connectivity index (χ1n) is 11.4. The van der Waals surface area contributed by atoms with Crippen LogP contribution in [0.3, 0.4) is 0 Å². The monoisotopic (exact) mass is 491 g/mol. The summed E-state index contributed by atoms with van der Waals surface area (Å²) in [5, 5.41) is 2.82. The van der Waals surface area contributed by atoms with Crippen LogP contribution in [-0.4, -0.2) is 38.1 Å². The molecule has 0 radical (unpaired) electrons. The van der Waals surface area contributed by atoms with Gasteiger partial charge in [0.2, 0.25) is 21.8 Å². The van der Waals surface area contributed by atoms with Gasteiger partial charge in [-0.1, -0.05) is 42.5 Å². The van der Waals surface area contributed by atoms with Crippen molar-refractivity contribution in [3.8, 4) is 0 Å². The van der Waals surface area contributed by atoms with Crippen LogP contribution in [-0.2, 0) is 26.2 Å². The van der Waals surface area contributed by atoms with Crippen molar-refractivity contribution in [2.24, 2.45) is 5.92 Å². The van der Waals surface area contributed by atoms with Gasteiger partial charge in [-0.2, -0.15) is 4.31 Å². The number of hydrogen-bond acceptors (Lipinski definition) is 4. The maximum absolute atomic E-state index is 12.9. The SMILES string of the molecule is Cc1cccc(N2C[C@H](C(=O)Nc3ccc(S(=O)(=O)N(C)Cc4ccccc4)cc3)CC2=O)c1C. The third-order valence-corrected chi connectivity index (χ3v) is 8.26. The topological polar surface area (TPSA) is 86.8 Å². The van der Waals surface area contributed by atoms with E-state index in [0.29, 0.717) is 12.2 Å². The molecular formula is C27H29N3O4S. The van der Waals surface area contributed by atoms with E-state index in [-0.39, 0.29) is 29.7 Å². The molecule has 3 aromatic carbocycles. The molecule has 8 heteroatoms. The van der Waals surface area contributed by atoms with Gasteiger partial charge in [-0.15, -0.1) is 0 Å². The van der Waals surface area contributed by atoms with Gasteiger partial charge in [-0.25, -0.2) is 8.42 Å². The summed E-state index contributed by atoms with van der Waals surface area (Å²) in [4.78, 5) is 27.3. The van der Waals surface area contributed by atoms with Gasteiger partial charge in [0.1, 0.15) is 0 Å². The van der Waals surface area contributed by atoms with E-state index >= 15 is 0 Å². The van der Waals surface area contributed by atoms with Crippen molar-refractivity contribution in [1.82, 2.24) is 4.31 Å². The highest BCUT2D eigenvalue weighted by Crippen LogP contribution is 2.30. The third kappa shape index (κ3) is 5.28. The van der Waals surface area contributed by atoms with Gasteiger partial charge in [-0.05, 0) is 60.9 Å². The highest BCUT2D eigenvalue weighted by atomic mass is 32.2. The Morgan fingerprint density at radius 2 is 1.69 bits per heavy atom. The van der Waals surface area contributed by atoms with E-state index in [4.69, 9.17) is 0 Å². The Bertz CT molecular complexity index is 1340. The second-order valence-electron chi connectivity index (χ2n) is 8.88. The van der Waals surface area contributed by atoms with Crippen molar-refractivity contribution in [3.63, 3.8) is 0 Å². The summed E-state index contributed by atoms with van der Waals surface area (Å²) in [6, 6.07) is 21.3. The fraction of sp³-hybridized carbons (Fsp3) is 0.259. The first-order valence-corrected chi connectivity index (χ1v) is 12.9. The number of carbonyl (C=O) groups excluding carboxylic acids is 2. The quantitative estimate of drug-likeness (QED) is 0.539. The van der Waals surface area contributed by atoms with E-state index < -0.39 is 15.9 Å². The molecular weight excluding hydrogens is 462 g/mol. The van der Waals surface area contributed by atoms with E-state index in [2.05, 4.69) is 5.32 Å². The number of carbonyl (C=O) groups is 2. The predicted octanol–water partition coefficient (Wildman–Crippen LogP) is 4.12. The first-order chi connectivity index (χ1) is 16.7. The molecule has 1 atom stereocenters. The van der Waals surface area contributed by atoms with Crippen molar-refractivity contribution in [3.05, 3.63) is 89.5 Å². The van der Waals surface area contributed by atoms with Crippen LogP contribution >= 0.6 is 0 Å². The van der Waals surface area contributed by atoms with Crippen molar-refractivity contribution >= 4 is 33.2 Å². The van der Waals surface area contributed by atoms with E-state index in [1.165, 1.54) is 23.5 Å². The molecule has 35 heavy (non-hydrogen) atoms. The second kappa shape index (κ2) is 10.0. The van der Waals surface area contributed by atoms with Crippen molar-refractivity contribution in [1.29, 1.82) is 0 Å². The lowest BCUT2D eigenvalue weighted by molar-refractivity contribution is -0.122. The molecule has 0 bridgehead atoms. The van der Waals surface area contributed by atoms with Crippen LogP contribution in [0.4, 0.5) is 11.4 Å². The van der Waals surface area contributed by atoms with Crippen LogP contribution in [0, 0.1) is 19.8 Å². The second-order valence-corrected chi connectivity index (χ2v) is 10.9. The normalized spacial score (nSPS) is 16.1. The maximum atomic E-state index is 12.9. The van der Waals surface area contributed by atoms with Crippen LogP contribution in [0.1, 0.15) is 23.1 Å². The fourth-order valence-electron chi connectivity index (χ4n) is 4.20. The number of amides is 2. The summed E-state index contributed by atoms with van der Waals surface area (Å²) < 4.78 is 27.2. The molecule has 1 N–H and O–H groups in total. The highest BCUT2D eigenvalue weighted by molar-refractivity contribution is 7.89. The summed E-state index contributed by atoms with van der Waals surface area (Å²) in [6.07, 6.45) is 0.135. The van der Waals surface area contributed by atoms with E-state index in [0.717, 1.165) is 22.4 Å². The molecule has 1 heterocycles. The fourth-order valence-corrected chi connectivity index (χ4v) is 5.36. The number of rotatable bonds is 7. The lowest BCUT2D eigenvalue weighted by atomic mass is 10.1. The largest absolute Gasteiger partial charge is 0.326 e. The van der Waals surface area contributed by atoms with Crippen LogP contribution < -0.4 is 10.2 Å². The zero-order valence-electron chi connectivity index (χ0n) is 20.1. The first kappa shape index (κ1) is 24.6. The Hall–Kier alpha value is -3.49. The molecule has 0 unspecified atom stereocenters. The van der Waals surface area contributed by atoms with Crippen molar-refractivity contribution < 1.29 is 18.0 Å². The minimum atomic E-state index is -3.68. The van der Waals surface area contributed by atoms with Crippen LogP contribution in [0.2, 0.25) is 0 Å². The Morgan fingerprint density at radius 1 is 1.00 bits per heavy atom. The molecule has 1 fully saturated rings. The smallest absolute Gasteiger partial charge is 0.243 e. The molecule has 3 aromatic rings. The van der Waals surface area contributed by atoms with Gasteiger partial charge in [-0.3, -0.25) is 9.59 Å². The number of hydrogen-bond donors (Lipinski definition) is 1.